The smallest absolute Gasteiger partial charge is 0.330 e. The van der Waals surface area contributed by atoms with Crippen molar-refractivity contribution in [3.8, 4) is 0 Å². The standard InChI is InChI=1S/C18H15NO4S/c1-12-6-8-13(9-7-12)24-11-10-16(20)23-19-17(21)14-4-2-3-5-15(14)18(19)22/h2-9H,10-11H2,1H3. The van der Waals surface area contributed by atoms with Gasteiger partial charge in [0.15, 0.2) is 0 Å². The van der Waals surface area contributed by atoms with Crippen molar-refractivity contribution in [3.63, 3.8) is 0 Å². The Balaban J connectivity index is 1.53. The zero-order chi connectivity index (χ0) is 17.1. The van der Waals surface area contributed by atoms with Crippen LogP contribution in [0, 0.1) is 6.92 Å². The zero-order valence-electron chi connectivity index (χ0n) is 13.0. The van der Waals surface area contributed by atoms with Gasteiger partial charge in [0.05, 0.1) is 17.5 Å². The van der Waals surface area contributed by atoms with Gasteiger partial charge in [-0.3, -0.25) is 9.59 Å². The van der Waals surface area contributed by atoms with Gasteiger partial charge in [-0.1, -0.05) is 34.9 Å². The molecule has 0 unspecified atom stereocenters. The van der Waals surface area contributed by atoms with E-state index in [0.29, 0.717) is 10.8 Å². The van der Waals surface area contributed by atoms with E-state index >= 15 is 0 Å². The Labute approximate surface area is 143 Å². The quantitative estimate of drug-likeness (QED) is 0.617. The van der Waals surface area contributed by atoms with Gasteiger partial charge < -0.3 is 4.84 Å². The molecule has 0 atom stereocenters. The van der Waals surface area contributed by atoms with E-state index in [9.17, 15) is 14.4 Å². The molecule has 3 rings (SSSR count). The largest absolute Gasteiger partial charge is 0.334 e. The molecule has 1 aliphatic rings. The molecule has 0 saturated carbocycles. The van der Waals surface area contributed by atoms with Crippen LogP contribution in [0.25, 0.3) is 0 Å². The van der Waals surface area contributed by atoms with Crippen LogP contribution in [-0.4, -0.2) is 28.6 Å². The normalized spacial score (nSPS) is 13.1. The van der Waals surface area contributed by atoms with Crippen molar-refractivity contribution in [3.05, 3.63) is 65.2 Å². The number of carbonyl (C=O) groups excluding carboxylic acids is 3. The molecule has 0 fully saturated rings. The van der Waals surface area contributed by atoms with Crippen molar-refractivity contribution in [2.45, 2.75) is 18.2 Å². The lowest BCUT2D eigenvalue weighted by Crippen LogP contribution is -2.32. The number of rotatable bonds is 5. The Morgan fingerprint density at radius 2 is 1.58 bits per heavy atom. The van der Waals surface area contributed by atoms with Crippen LogP contribution in [0.2, 0.25) is 0 Å². The third-order valence-corrected chi connectivity index (χ3v) is 4.56. The number of hydrogen-bond acceptors (Lipinski definition) is 5. The second kappa shape index (κ2) is 6.88. The molecule has 1 heterocycles. The molecule has 1 aliphatic heterocycles. The maximum atomic E-state index is 12.1. The summed E-state index contributed by atoms with van der Waals surface area (Å²) in [4.78, 5) is 42.1. The molecule has 122 valence electrons. The minimum atomic E-state index is -0.607. The lowest BCUT2D eigenvalue weighted by atomic mass is 10.1. The van der Waals surface area contributed by atoms with Gasteiger partial charge in [-0.15, -0.1) is 11.8 Å². The summed E-state index contributed by atoms with van der Waals surface area (Å²) in [5, 5.41) is 0.545. The minimum Gasteiger partial charge on any atom is -0.330 e. The predicted octanol–water partition coefficient (Wildman–Crippen LogP) is 3.23. The summed E-state index contributed by atoms with van der Waals surface area (Å²) in [6.07, 6.45) is 0.103. The molecule has 0 saturated heterocycles. The first-order valence-corrected chi connectivity index (χ1v) is 8.43. The highest BCUT2D eigenvalue weighted by molar-refractivity contribution is 7.99. The lowest BCUT2D eigenvalue weighted by Gasteiger charge is -2.12. The van der Waals surface area contributed by atoms with Gasteiger partial charge in [-0.2, -0.15) is 0 Å². The van der Waals surface area contributed by atoms with Crippen LogP contribution in [0.1, 0.15) is 32.7 Å². The summed E-state index contributed by atoms with van der Waals surface area (Å²) < 4.78 is 0. The van der Waals surface area contributed by atoms with Crippen LogP contribution in [-0.2, 0) is 9.63 Å². The van der Waals surface area contributed by atoms with Gasteiger partial charge >= 0.3 is 5.97 Å². The molecule has 6 heteroatoms. The Bertz CT molecular complexity index is 766. The number of benzene rings is 2. The molecule has 0 N–H and O–H groups in total. The van der Waals surface area contributed by atoms with Crippen LogP contribution in [0.15, 0.2) is 53.4 Å². The zero-order valence-corrected chi connectivity index (χ0v) is 13.8. The van der Waals surface area contributed by atoms with Crippen molar-refractivity contribution >= 4 is 29.5 Å². The van der Waals surface area contributed by atoms with E-state index in [1.807, 2.05) is 31.2 Å². The van der Waals surface area contributed by atoms with E-state index in [0.717, 1.165) is 4.90 Å². The van der Waals surface area contributed by atoms with E-state index in [2.05, 4.69) is 0 Å². The minimum absolute atomic E-state index is 0.103. The van der Waals surface area contributed by atoms with Crippen LogP contribution in [0.5, 0.6) is 0 Å². The van der Waals surface area contributed by atoms with Crippen molar-refractivity contribution in [1.82, 2.24) is 5.06 Å². The fourth-order valence-electron chi connectivity index (χ4n) is 2.28. The van der Waals surface area contributed by atoms with Gasteiger partial charge in [-0.25, -0.2) is 4.79 Å². The first-order valence-electron chi connectivity index (χ1n) is 7.44. The first kappa shape index (κ1) is 16.3. The summed E-state index contributed by atoms with van der Waals surface area (Å²) in [6, 6.07) is 14.4. The maximum absolute atomic E-state index is 12.1. The number of thioether (sulfide) groups is 1. The monoisotopic (exact) mass is 341 g/mol. The van der Waals surface area contributed by atoms with E-state index in [1.54, 1.807) is 12.1 Å². The third-order valence-electron chi connectivity index (χ3n) is 3.55. The Hall–Kier alpha value is -2.60. The summed E-state index contributed by atoms with van der Waals surface area (Å²) in [7, 11) is 0. The average Bonchev–Trinajstić information content (AvgIpc) is 2.82. The van der Waals surface area contributed by atoms with Gasteiger partial charge in [0.2, 0.25) is 0 Å². The highest BCUT2D eigenvalue weighted by atomic mass is 32.2. The number of nitrogens with zero attached hydrogens (tertiary/aromatic N) is 1. The fourth-order valence-corrected chi connectivity index (χ4v) is 3.12. The third kappa shape index (κ3) is 3.33. The molecular formula is C18H15NO4S. The molecule has 0 spiro atoms. The van der Waals surface area contributed by atoms with Crippen LogP contribution < -0.4 is 0 Å². The number of amides is 2. The molecule has 24 heavy (non-hydrogen) atoms. The molecule has 5 nitrogen and oxygen atoms in total. The molecule has 0 aliphatic carbocycles. The number of fused-ring (bicyclic) bond motifs is 1. The highest BCUT2D eigenvalue weighted by Gasteiger charge is 2.38. The number of aryl methyl sites for hydroxylation is 1. The second-order valence-electron chi connectivity index (χ2n) is 5.33. The van der Waals surface area contributed by atoms with Gasteiger partial charge in [0.25, 0.3) is 11.8 Å². The first-order chi connectivity index (χ1) is 11.6. The van der Waals surface area contributed by atoms with E-state index < -0.39 is 17.8 Å². The van der Waals surface area contributed by atoms with Gasteiger partial charge in [-0.05, 0) is 31.2 Å². The Morgan fingerprint density at radius 1 is 1.00 bits per heavy atom. The fraction of sp³-hybridized carbons (Fsp3) is 0.167. The summed E-state index contributed by atoms with van der Waals surface area (Å²) >= 11 is 1.52. The van der Waals surface area contributed by atoms with Crippen LogP contribution in [0.3, 0.4) is 0 Å². The molecule has 2 amide bonds. The van der Waals surface area contributed by atoms with Crippen molar-refractivity contribution in [2.75, 3.05) is 5.75 Å². The summed E-state index contributed by atoms with van der Waals surface area (Å²) in [5.41, 5.74) is 1.68. The Morgan fingerprint density at radius 3 is 2.17 bits per heavy atom. The molecule has 0 radical (unpaired) electrons. The van der Waals surface area contributed by atoms with Crippen molar-refractivity contribution < 1.29 is 19.2 Å². The second-order valence-corrected chi connectivity index (χ2v) is 6.49. The van der Waals surface area contributed by atoms with Crippen molar-refractivity contribution in [1.29, 1.82) is 0 Å². The van der Waals surface area contributed by atoms with Gasteiger partial charge in [0.1, 0.15) is 0 Å². The van der Waals surface area contributed by atoms with E-state index in [1.165, 1.54) is 29.5 Å². The molecule has 0 aromatic heterocycles. The van der Waals surface area contributed by atoms with E-state index in [4.69, 9.17) is 4.84 Å². The maximum Gasteiger partial charge on any atom is 0.334 e. The van der Waals surface area contributed by atoms with Crippen LogP contribution >= 0.6 is 11.8 Å². The number of carbonyl (C=O) groups is 3. The SMILES string of the molecule is Cc1ccc(SCCC(=O)ON2C(=O)c3ccccc3C2=O)cc1. The summed E-state index contributed by atoms with van der Waals surface area (Å²) in [5.74, 6) is -1.31. The predicted molar refractivity (Wildman–Crippen MR) is 89.6 cm³/mol. The highest BCUT2D eigenvalue weighted by Crippen LogP contribution is 2.23. The lowest BCUT2D eigenvalue weighted by molar-refractivity contribution is -0.167. The van der Waals surface area contributed by atoms with Crippen molar-refractivity contribution in [2.24, 2.45) is 0 Å². The summed E-state index contributed by atoms with van der Waals surface area (Å²) in [6.45, 7) is 2.01. The molecule has 2 aromatic rings. The van der Waals surface area contributed by atoms with Gasteiger partial charge in [0, 0.05) is 10.6 Å². The Kier molecular flexibility index (Phi) is 4.66. The number of hydrogen-bond donors (Lipinski definition) is 0. The average molecular weight is 341 g/mol. The number of imide groups is 1. The molecular weight excluding hydrogens is 326 g/mol. The molecule has 0 bridgehead atoms. The topological polar surface area (TPSA) is 63.7 Å². The number of hydroxylamine groups is 2. The van der Waals surface area contributed by atoms with Crippen LogP contribution in [0.4, 0.5) is 0 Å². The van der Waals surface area contributed by atoms with E-state index in [-0.39, 0.29) is 17.5 Å². The molecule has 2 aromatic carbocycles.